The molecule has 0 aliphatic carbocycles. The molecule has 0 bridgehead atoms. The summed E-state index contributed by atoms with van der Waals surface area (Å²) < 4.78 is 5.75. The van der Waals surface area contributed by atoms with Gasteiger partial charge in [0.1, 0.15) is 0 Å². The van der Waals surface area contributed by atoms with Crippen LogP contribution in [0.4, 0.5) is 10.5 Å². The predicted molar refractivity (Wildman–Crippen MR) is 92.8 cm³/mol. The molecule has 0 saturated carbocycles. The summed E-state index contributed by atoms with van der Waals surface area (Å²) in [5.41, 5.74) is 1.63. The fourth-order valence-corrected chi connectivity index (χ4v) is 2.53. The monoisotopic (exact) mass is 411 g/mol. The van der Waals surface area contributed by atoms with Crippen molar-refractivity contribution in [3.63, 3.8) is 0 Å². The van der Waals surface area contributed by atoms with Crippen LogP contribution in [-0.2, 0) is 19.1 Å². The van der Waals surface area contributed by atoms with Crippen LogP contribution in [0.25, 0.3) is 0 Å². The average molecular weight is 412 g/mol. The Kier molecular flexibility index (Phi) is 6.51. The van der Waals surface area contributed by atoms with Crippen LogP contribution < -0.4 is 10.6 Å². The number of ether oxygens (including phenoxy) is 1. The molecular formula is C16H18BrN3O5. The van der Waals surface area contributed by atoms with Crippen molar-refractivity contribution >= 4 is 45.4 Å². The van der Waals surface area contributed by atoms with E-state index in [0.29, 0.717) is 5.69 Å². The number of aryl methyl sites for hydroxylation is 1. The minimum Gasteiger partial charge on any atom is -0.456 e. The number of hydrogen-bond donors (Lipinski definition) is 2. The molecule has 1 aromatic rings. The van der Waals surface area contributed by atoms with E-state index in [1.54, 1.807) is 12.1 Å². The zero-order valence-corrected chi connectivity index (χ0v) is 15.2. The van der Waals surface area contributed by atoms with Gasteiger partial charge in [-0.05, 0) is 31.0 Å². The Morgan fingerprint density at radius 1 is 1.36 bits per heavy atom. The maximum absolute atomic E-state index is 11.8. The van der Waals surface area contributed by atoms with Crippen LogP contribution >= 0.6 is 15.9 Å². The molecule has 25 heavy (non-hydrogen) atoms. The number of esters is 1. The lowest BCUT2D eigenvalue weighted by Gasteiger charge is -2.11. The third kappa shape index (κ3) is 5.56. The zero-order chi connectivity index (χ0) is 18.4. The lowest BCUT2D eigenvalue weighted by molar-refractivity contribution is -0.147. The second-order valence-electron chi connectivity index (χ2n) is 5.48. The third-order valence-electron chi connectivity index (χ3n) is 3.52. The van der Waals surface area contributed by atoms with Crippen molar-refractivity contribution in [2.45, 2.75) is 19.8 Å². The molecule has 0 unspecified atom stereocenters. The van der Waals surface area contributed by atoms with Crippen LogP contribution in [0, 0.1) is 6.92 Å². The number of anilines is 1. The second kappa shape index (κ2) is 8.61. The first-order valence-corrected chi connectivity index (χ1v) is 8.46. The number of amides is 4. The first-order chi connectivity index (χ1) is 11.9. The Labute approximate surface area is 153 Å². The molecule has 4 amide bonds. The number of benzene rings is 1. The van der Waals surface area contributed by atoms with Gasteiger partial charge in [0, 0.05) is 23.1 Å². The molecule has 1 fully saturated rings. The average Bonchev–Trinajstić information content (AvgIpc) is 2.88. The topological polar surface area (TPSA) is 105 Å². The molecule has 1 aliphatic rings. The molecule has 1 saturated heterocycles. The van der Waals surface area contributed by atoms with E-state index in [1.165, 1.54) is 0 Å². The Morgan fingerprint density at radius 3 is 2.76 bits per heavy atom. The molecule has 0 spiro atoms. The van der Waals surface area contributed by atoms with Crippen LogP contribution in [0.1, 0.15) is 18.4 Å². The lowest BCUT2D eigenvalue weighted by Crippen LogP contribution is -2.32. The number of urea groups is 1. The number of imide groups is 1. The van der Waals surface area contributed by atoms with E-state index in [1.807, 2.05) is 13.0 Å². The molecule has 134 valence electrons. The number of hydrogen-bond acceptors (Lipinski definition) is 5. The Bertz CT molecular complexity index is 691. The van der Waals surface area contributed by atoms with Gasteiger partial charge in [-0.15, -0.1) is 0 Å². The summed E-state index contributed by atoms with van der Waals surface area (Å²) in [6, 6.07) is 4.90. The van der Waals surface area contributed by atoms with Gasteiger partial charge in [-0.25, -0.2) is 4.79 Å². The number of carbonyl (C=O) groups is 4. The van der Waals surface area contributed by atoms with Crippen LogP contribution in [0.5, 0.6) is 0 Å². The third-order valence-corrected chi connectivity index (χ3v) is 4.37. The van der Waals surface area contributed by atoms with Crippen molar-refractivity contribution < 1.29 is 23.9 Å². The smallest absolute Gasteiger partial charge is 0.324 e. The molecule has 1 heterocycles. The van der Waals surface area contributed by atoms with Gasteiger partial charge in [0.2, 0.25) is 5.91 Å². The van der Waals surface area contributed by atoms with E-state index >= 15 is 0 Å². The van der Waals surface area contributed by atoms with E-state index in [9.17, 15) is 19.2 Å². The number of halogens is 1. The molecule has 0 atom stereocenters. The van der Waals surface area contributed by atoms with Crippen molar-refractivity contribution in [3.8, 4) is 0 Å². The highest BCUT2D eigenvalue weighted by atomic mass is 79.9. The van der Waals surface area contributed by atoms with Gasteiger partial charge in [-0.3, -0.25) is 19.3 Å². The van der Waals surface area contributed by atoms with Crippen molar-refractivity contribution in [2.24, 2.45) is 0 Å². The largest absolute Gasteiger partial charge is 0.456 e. The van der Waals surface area contributed by atoms with E-state index in [0.717, 1.165) is 14.9 Å². The van der Waals surface area contributed by atoms with E-state index in [-0.39, 0.29) is 31.8 Å². The fourth-order valence-electron chi connectivity index (χ4n) is 2.15. The molecule has 2 rings (SSSR count). The summed E-state index contributed by atoms with van der Waals surface area (Å²) in [7, 11) is 0. The number of carbonyl (C=O) groups excluding carboxylic acids is 4. The molecule has 1 aliphatic heterocycles. The Balaban J connectivity index is 1.67. The maximum atomic E-state index is 11.8. The molecule has 0 radical (unpaired) electrons. The van der Waals surface area contributed by atoms with Crippen LogP contribution in [0.2, 0.25) is 0 Å². The molecule has 0 aromatic heterocycles. The number of nitrogens with one attached hydrogen (secondary N) is 2. The summed E-state index contributed by atoms with van der Waals surface area (Å²) in [5.74, 6) is -1.33. The van der Waals surface area contributed by atoms with E-state index in [4.69, 9.17) is 4.74 Å². The maximum Gasteiger partial charge on any atom is 0.324 e. The predicted octanol–water partition coefficient (Wildman–Crippen LogP) is 1.57. The van der Waals surface area contributed by atoms with Gasteiger partial charge in [0.25, 0.3) is 5.91 Å². The SMILES string of the molecule is Cc1ccc(NC(=O)COC(=O)CCCN2C(=O)CNC2=O)cc1Br. The van der Waals surface area contributed by atoms with Crippen molar-refractivity contribution in [3.05, 3.63) is 28.2 Å². The highest BCUT2D eigenvalue weighted by molar-refractivity contribution is 9.10. The first kappa shape index (κ1) is 18.9. The Hall–Kier alpha value is -2.42. The Morgan fingerprint density at radius 2 is 2.12 bits per heavy atom. The van der Waals surface area contributed by atoms with Gasteiger partial charge >= 0.3 is 12.0 Å². The summed E-state index contributed by atoms with van der Waals surface area (Å²) >= 11 is 3.37. The zero-order valence-electron chi connectivity index (χ0n) is 13.6. The van der Waals surface area contributed by atoms with Gasteiger partial charge in [-0.1, -0.05) is 22.0 Å². The minimum atomic E-state index is -0.563. The van der Waals surface area contributed by atoms with E-state index in [2.05, 4.69) is 26.6 Å². The quantitative estimate of drug-likeness (QED) is 0.523. The van der Waals surface area contributed by atoms with Crippen molar-refractivity contribution in [1.82, 2.24) is 10.2 Å². The van der Waals surface area contributed by atoms with Crippen molar-refractivity contribution in [2.75, 3.05) is 25.0 Å². The van der Waals surface area contributed by atoms with Crippen LogP contribution in [0.3, 0.4) is 0 Å². The van der Waals surface area contributed by atoms with Gasteiger partial charge in [-0.2, -0.15) is 0 Å². The van der Waals surface area contributed by atoms with E-state index < -0.39 is 24.5 Å². The standard InChI is InChI=1S/C16H18BrN3O5/c1-10-4-5-11(7-12(10)17)19-13(21)9-25-15(23)3-2-6-20-14(22)8-18-16(20)24/h4-5,7H,2-3,6,8-9H2,1H3,(H,18,24)(H,19,21). The fraction of sp³-hybridized carbons (Fsp3) is 0.375. The summed E-state index contributed by atoms with van der Waals surface area (Å²) in [4.78, 5) is 47.1. The highest BCUT2D eigenvalue weighted by Crippen LogP contribution is 2.20. The second-order valence-corrected chi connectivity index (χ2v) is 6.33. The molecule has 9 heteroatoms. The highest BCUT2D eigenvalue weighted by Gasteiger charge is 2.27. The summed E-state index contributed by atoms with van der Waals surface area (Å²) in [5, 5.41) is 5.02. The lowest BCUT2D eigenvalue weighted by atomic mass is 10.2. The van der Waals surface area contributed by atoms with Gasteiger partial charge < -0.3 is 15.4 Å². The van der Waals surface area contributed by atoms with Crippen molar-refractivity contribution in [1.29, 1.82) is 0 Å². The molecule has 1 aromatic carbocycles. The van der Waals surface area contributed by atoms with Gasteiger partial charge in [0.15, 0.2) is 6.61 Å². The van der Waals surface area contributed by atoms with Crippen LogP contribution in [0.15, 0.2) is 22.7 Å². The first-order valence-electron chi connectivity index (χ1n) is 7.66. The normalized spacial score (nSPS) is 13.6. The molecule has 8 nitrogen and oxygen atoms in total. The molecule has 2 N–H and O–H groups in total. The number of rotatable bonds is 7. The summed E-state index contributed by atoms with van der Waals surface area (Å²) in [6.07, 6.45) is 0.297. The molecular weight excluding hydrogens is 394 g/mol. The summed E-state index contributed by atoms with van der Waals surface area (Å²) in [6.45, 7) is 1.66. The minimum absolute atomic E-state index is 0.0143. The number of nitrogens with zero attached hydrogens (tertiary/aromatic N) is 1. The van der Waals surface area contributed by atoms with Crippen LogP contribution in [-0.4, -0.2) is 48.4 Å². The van der Waals surface area contributed by atoms with Gasteiger partial charge in [0.05, 0.1) is 6.54 Å².